The molecule has 0 aliphatic rings. The molecule has 0 saturated carbocycles. The monoisotopic (exact) mass is 220 g/mol. The molecule has 0 fully saturated rings. The molecular formula is C6H8N2O7. The average Bonchev–Trinajstić information content (AvgIpc) is 2.11. The van der Waals surface area contributed by atoms with Crippen LogP contribution in [-0.4, -0.2) is 47.4 Å². The van der Waals surface area contributed by atoms with Crippen molar-refractivity contribution in [1.82, 2.24) is 10.6 Å². The number of esters is 2. The standard InChI is InChI=1S/C6H8N2O7/c9-3(1-7-5(11)12)15-4(10)2-8-6(13)14/h7-8H,1-2H2,(H,11,12)(H,13,14). The molecule has 0 aliphatic heterocycles. The Morgan fingerprint density at radius 2 is 1.20 bits per heavy atom. The van der Waals surface area contributed by atoms with E-state index in [1.54, 1.807) is 10.6 Å². The van der Waals surface area contributed by atoms with E-state index >= 15 is 0 Å². The molecule has 0 aromatic heterocycles. The van der Waals surface area contributed by atoms with Crippen molar-refractivity contribution in [2.75, 3.05) is 13.1 Å². The second-order valence-electron chi connectivity index (χ2n) is 2.16. The molecule has 0 spiro atoms. The van der Waals surface area contributed by atoms with E-state index < -0.39 is 37.2 Å². The Bertz CT molecular complexity index is 259. The predicted octanol–water partition coefficient (Wildman–Crippen LogP) is -1.41. The van der Waals surface area contributed by atoms with Crippen LogP contribution in [0.1, 0.15) is 0 Å². The lowest BCUT2D eigenvalue weighted by atomic mass is 10.6. The molecule has 0 rings (SSSR count). The van der Waals surface area contributed by atoms with Gasteiger partial charge in [0.1, 0.15) is 13.1 Å². The molecule has 0 aromatic rings. The number of carbonyl (C=O) groups is 4. The highest BCUT2D eigenvalue weighted by molar-refractivity contribution is 5.89. The molecule has 2 amide bonds. The lowest BCUT2D eigenvalue weighted by Crippen LogP contribution is -2.34. The number of carboxylic acid groups (broad SMARTS) is 2. The predicted molar refractivity (Wildman–Crippen MR) is 43.2 cm³/mol. The van der Waals surface area contributed by atoms with Crippen LogP contribution in [0.3, 0.4) is 0 Å². The number of carbonyl (C=O) groups excluding carboxylic acids is 2. The second kappa shape index (κ2) is 6.18. The molecule has 0 aliphatic carbocycles. The van der Waals surface area contributed by atoms with E-state index in [0.29, 0.717) is 0 Å². The van der Waals surface area contributed by atoms with Gasteiger partial charge < -0.3 is 25.6 Å². The quantitative estimate of drug-likeness (QED) is 0.336. The Morgan fingerprint density at radius 1 is 0.867 bits per heavy atom. The van der Waals surface area contributed by atoms with Gasteiger partial charge in [0.2, 0.25) is 0 Å². The third-order valence-electron chi connectivity index (χ3n) is 0.996. The maximum absolute atomic E-state index is 10.7. The summed E-state index contributed by atoms with van der Waals surface area (Å²) in [4.78, 5) is 41.1. The van der Waals surface area contributed by atoms with Gasteiger partial charge >= 0.3 is 24.1 Å². The van der Waals surface area contributed by atoms with Crippen molar-refractivity contribution in [3.8, 4) is 0 Å². The fourth-order valence-electron chi connectivity index (χ4n) is 0.495. The lowest BCUT2D eigenvalue weighted by molar-refractivity contribution is -0.158. The van der Waals surface area contributed by atoms with Gasteiger partial charge in [-0.2, -0.15) is 0 Å². The molecule has 0 heterocycles. The molecule has 4 N–H and O–H groups in total. The van der Waals surface area contributed by atoms with Crippen LogP contribution in [0.25, 0.3) is 0 Å². The largest absolute Gasteiger partial charge is 0.465 e. The van der Waals surface area contributed by atoms with Crippen molar-refractivity contribution in [3.05, 3.63) is 0 Å². The molecule has 0 aromatic carbocycles. The fourth-order valence-corrected chi connectivity index (χ4v) is 0.495. The number of nitrogens with one attached hydrogen (secondary N) is 2. The first-order valence-corrected chi connectivity index (χ1v) is 3.59. The molecule has 0 unspecified atom stereocenters. The summed E-state index contributed by atoms with van der Waals surface area (Å²) in [5.41, 5.74) is 0. The van der Waals surface area contributed by atoms with Crippen molar-refractivity contribution in [2.45, 2.75) is 0 Å². The van der Waals surface area contributed by atoms with Gasteiger partial charge in [-0.25, -0.2) is 19.2 Å². The molecule has 9 nitrogen and oxygen atoms in total. The zero-order valence-electron chi connectivity index (χ0n) is 7.35. The molecule has 0 radical (unpaired) electrons. The number of hydrogen-bond acceptors (Lipinski definition) is 5. The maximum atomic E-state index is 10.7. The Hall–Kier alpha value is -2.32. The third kappa shape index (κ3) is 8.02. The summed E-state index contributed by atoms with van der Waals surface area (Å²) < 4.78 is 4.02. The zero-order valence-corrected chi connectivity index (χ0v) is 7.35. The minimum atomic E-state index is -1.44. The molecule has 84 valence electrons. The van der Waals surface area contributed by atoms with E-state index in [9.17, 15) is 19.2 Å². The smallest absolute Gasteiger partial charge is 0.405 e. The van der Waals surface area contributed by atoms with Crippen LogP contribution < -0.4 is 10.6 Å². The van der Waals surface area contributed by atoms with Crippen molar-refractivity contribution in [1.29, 1.82) is 0 Å². The Morgan fingerprint density at radius 3 is 1.47 bits per heavy atom. The van der Waals surface area contributed by atoms with Crippen LogP contribution in [0.5, 0.6) is 0 Å². The normalized spacial score (nSPS) is 8.80. The van der Waals surface area contributed by atoms with Gasteiger partial charge in [-0.05, 0) is 0 Å². The topological polar surface area (TPSA) is 142 Å². The highest BCUT2D eigenvalue weighted by Crippen LogP contribution is 1.79. The Labute approximate surface area is 83.0 Å². The van der Waals surface area contributed by atoms with E-state index in [1.807, 2.05) is 0 Å². The minimum Gasteiger partial charge on any atom is -0.465 e. The average molecular weight is 220 g/mol. The molecule has 9 heteroatoms. The van der Waals surface area contributed by atoms with E-state index in [2.05, 4.69) is 4.74 Å². The van der Waals surface area contributed by atoms with E-state index in [4.69, 9.17) is 10.2 Å². The molecule has 0 bridgehead atoms. The Kier molecular flexibility index (Phi) is 5.23. The minimum absolute atomic E-state index is 0.686. The number of hydrogen-bond donors (Lipinski definition) is 4. The first-order chi connectivity index (χ1) is 6.91. The summed E-state index contributed by atoms with van der Waals surface area (Å²) in [6, 6.07) is 0. The van der Waals surface area contributed by atoms with Gasteiger partial charge in [-0.1, -0.05) is 0 Å². The second-order valence-corrected chi connectivity index (χ2v) is 2.16. The zero-order chi connectivity index (χ0) is 11.8. The summed E-state index contributed by atoms with van der Waals surface area (Å²) in [5, 5.41) is 19.5. The van der Waals surface area contributed by atoms with Crippen molar-refractivity contribution in [3.63, 3.8) is 0 Å². The number of amides is 2. The van der Waals surface area contributed by atoms with E-state index in [0.717, 1.165) is 0 Å². The SMILES string of the molecule is O=C(O)NCC(=O)OC(=O)CNC(=O)O. The van der Waals surface area contributed by atoms with Gasteiger partial charge in [0.15, 0.2) is 0 Å². The fraction of sp³-hybridized carbons (Fsp3) is 0.333. The third-order valence-corrected chi connectivity index (χ3v) is 0.996. The summed E-state index contributed by atoms with van der Waals surface area (Å²) in [6.07, 6.45) is -2.88. The highest BCUT2D eigenvalue weighted by atomic mass is 16.6. The maximum Gasteiger partial charge on any atom is 0.405 e. The molecule has 0 saturated heterocycles. The lowest BCUT2D eigenvalue weighted by Gasteiger charge is -2.02. The Balaban J connectivity index is 3.71. The van der Waals surface area contributed by atoms with Gasteiger partial charge in [-0.15, -0.1) is 0 Å². The van der Waals surface area contributed by atoms with E-state index in [-0.39, 0.29) is 0 Å². The first kappa shape index (κ1) is 12.7. The number of ether oxygens (including phenoxy) is 1. The van der Waals surface area contributed by atoms with Crippen LogP contribution in [0, 0.1) is 0 Å². The number of rotatable bonds is 4. The van der Waals surface area contributed by atoms with Crippen molar-refractivity contribution >= 4 is 24.1 Å². The summed E-state index contributed by atoms with van der Waals surface area (Å²) in [5.74, 6) is -2.23. The van der Waals surface area contributed by atoms with Crippen LogP contribution >= 0.6 is 0 Å². The summed E-state index contributed by atoms with van der Waals surface area (Å²) in [7, 11) is 0. The van der Waals surface area contributed by atoms with Crippen molar-refractivity contribution in [2.24, 2.45) is 0 Å². The van der Waals surface area contributed by atoms with E-state index in [1.165, 1.54) is 0 Å². The van der Waals surface area contributed by atoms with Crippen molar-refractivity contribution < 1.29 is 34.1 Å². The molecule has 0 atom stereocenters. The van der Waals surface area contributed by atoms with Gasteiger partial charge in [0, 0.05) is 0 Å². The van der Waals surface area contributed by atoms with Crippen LogP contribution in [-0.2, 0) is 14.3 Å². The van der Waals surface area contributed by atoms with Gasteiger partial charge in [0.25, 0.3) is 0 Å². The summed E-state index contributed by atoms with van der Waals surface area (Å²) in [6.45, 7) is -1.37. The highest BCUT2D eigenvalue weighted by Gasteiger charge is 2.11. The van der Waals surface area contributed by atoms with Gasteiger partial charge in [-0.3, -0.25) is 0 Å². The van der Waals surface area contributed by atoms with Crippen LogP contribution in [0.2, 0.25) is 0 Å². The van der Waals surface area contributed by atoms with Crippen LogP contribution in [0.4, 0.5) is 9.59 Å². The first-order valence-electron chi connectivity index (χ1n) is 3.59. The van der Waals surface area contributed by atoms with Crippen LogP contribution in [0.15, 0.2) is 0 Å². The summed E-state index contributed by atoms with van der Waals surface area (Å²) >= 11 is 0. The molecule has 15 heavy (non-hydrogen) atoms. The van der Waals surface area contributed by atoms with Gasteiger partial charge in [0.05, 0.1) is 0 Å². The molecular weight excluding hydrogens is 212 g/mol.